The van der Waals surface area contributed by atoms with Gasteiger partial charge in [0.2, 0.25) is 0 Å². The number of aliphatic carboxylic acids is 1. The summed E-state index contributed by atoms with van der Waals surface area (Å²) in [6.45, 7) is 4.38. The Labute approximate surface area is 170 Å². The molecule has 2 aromatic carbocycles. The van der Waals surface area contributed by atoms with Gasteiger partial charge in [0.1, 0.15) is 0 Å². The summed E-state index contributed by atoms with van der Waals surface area (Å²) >= 11 is 0. The van der Waals surface area contributed by atoms with Gasteiger partial charge in [-0.3, -0.25) is 4.79 Å². The Morgan fingerprint density at radius 2 is 1.97 bits per heavy atom. The number of hydrogen-bond acceptors (Lipinski definition) is 4. The van der Waals surface area contributed by atoms with Gasteiger partial charge in [-0.2, -0.15) is 0 Å². The Balaban J connectivity index is 1.63. The molecule has 2 atom stereocenters. The molecular weight excluding hydrogens is 368 g/mol. The predicted octanol–water partition coefficient (Wildman–Crippen LogP) is 2.98. The quantitative estimate of drug-likeness (QED) is 0.739. The summed E-state index contributed by atoms with van der Waals surface area (Å²) in [4.78, 5) is 25.6. The lowest BCUT2D eigenvalue weighted by atomic mass is 10.1. The third-order valence-corrected chi connectivity index (χ3v) is 4.75. The number of fused-ring (bicyclic) bond motifs is 1. The van der Waals surface area contributed by atoms with E-state index in [4.69, 9.17) is 4.74 Å². The first-order valence-electron chi connectivity index (χ1n) is 9.58. The van der Waals surface area contributed by atoms with Crippen molar-refractivity contribution in [2.75, 3.05) is 18.5 Å². The molecule has 1 aliphatic rings. The average Bonchev–Trinajstić information content (AvgIpc) is 2.71. The van der Waals surface area contributed by atoms with Gasteiger partial charge in [0, 0.05) is 24.3 Å². The summed E-state index contributed by atoms with van der Waals surface area (Å²) in [5.41, 5.74) is 3.18. The topological polar surface area (TPSA) is 78.9 Å². The van der Waals surface area contributed by atoms with Crippen LogP contribution in [0.2, 0.25) is 0 Å². The third-order valence-electron chi connectivity index (χ3n) is 4.75. The van der Waals surface area contributed by atoms with Crippen LogP contribution in [0.25, 0.3) is 0 Å². The Morgan fingerprint density at radius 1 is 1.24 bits per heavy atom. The minimum atomic E-state index is -0.966. The van der Waals surface area contributed by atoms with Crippen LogP contribution in [0.15, 0.2) is 48.5 Å². The molecule has 3 rings (SSSR count). The molecule has 0 aromatic heterocycles. The highest BCUT2D eigenvalue weighted by Gasteiger charge is 2.28. The van der Waals surface area contributed by atoms with Crippen LogP contribution in [0.1, 0.15) is 35.3 Å². The van der Waals surface area contributed by atoms with Crippen LogP contribution < -0.4 is 5.32 Å². The van der Waals surface area contributed by atoms with E-state index >= 15 is 0 Å². The van der Waals surface area contributed by atoms with Gasteiger partial charge in [0.05, 0.1) is 18.3 Å². The maximum absolute atomic E-state index is 12.7. The van der Waals surface area contributed by atoms with Crippen molar-refractivity contribution in [3.63, 3.8) is 0 Å². The first kappa shape index (κ1) is 20.4. The van der Waals surface area contributed by atoms with E-state index in [2.05, 4.69) is 17.2 Å². The molecule has 0 bridgehead atoms. The van der Waals surface area contributed by atoms with Gasteiger partial charge in [-0.25, -0.2) is 4.79 Å². The number of para-hydroxylation sites is 1. The van der Waals surface area contributed by atoms with Crippen LogP contribution in [0, 0.1) is 11.8 Å². The van der Waals surface area contributed by atoms with Crippen molar-refractivity contribution in [1.29, 1.82) is 0 Å². The van der Waals surface area contributed by atoms with E-state index < -0.39 is 12.1 Å². The number of carboxylic acids is 1. The van der Waals surface area contributed by atoms with E-state index in [0.29, 0.717) is 25.1 Å². The van der Waals surface area contributed by atoms with E-state index in [1.807, 2.05) is 55.5 Å². The number of nitrogens with zero attached hydrogens (tertiary/aromatic N) is 1. The molecular formula is C23H24N2O4. The molecule has 1 amide bonds. The van der Waals surface area contributed by atoms with E-state index in [1.165, 1.54) is 0 Å². The van der Waals surface area contributed by atoms with Crippen molar-refractivity contribution in [2.24, 2.45) is 0 Å². The number of benzene rings is 2. The molecule has 6 heteroatoms. The molecule has 29 heavy (non-hydrogen) atoms. The molecule has 0 spiro atoms. The molecule has 1 aliphatic heterocycles. The van der Waals surface area contributed by atoms with Crippen molar-refractivity contribution in [3.8, 4) is 11.8 Å². The summed E-state index contributed by atoms with van der Waals surface area (Å²) in [6, 6.07) is 14.9. The molecule has 2 aromatic rings. The summed E-state index contributed by atoms with van der Waals surface area (Å²) in [7, 11) is 0. The zero-order chi connectivity index (χ0) is 20.8. The number of amides is 1. The largest absolute Gasteiger partial charge is 0.479 e. The van der Waals surface area contributed by atoms with Crippen LogP contribution in [-0.2, 0) is 16.0 Å². The zero-order valence-electron chi connectivity index (χ0n) is 16.5. The molecule has 1 heterocycles. The first-order valence-corrected chi connectivity index (χ1v) is 9.58. The van der Waals surface area contributed by atoms with Crippen molar-refractivity contribution in [1.82, 2.24) is 4.90 Å². The van der Waals surface area contributed by atoms with E-state index in [1.54, 1.807) is 11.8 Å². The number of nitrogens with one attached hydrogen (secondary N) is 1. The summed E-state index contributed by atoms with van der Waals surface area (Å²) in [5.74, 6) is 5.12. The molecule has 150 valence electrons. The van der Waals surface area contributed by atoms with Gasteiger partial charge < -0.3 is 20.1 Å². The van der Waals surface area contributed by atoms with Crippen molar-refractivity contribution >= 4 is 17.6 Å². The van der Waals surface area contributed by atoms with Crippen molar-refractivity contribution < 1.29 is 19.4 Å². The third kappa shape index (κ3) is 4.95. The Bertz CT molecular complexity index is 943. The number of ether oxygens (including phenoxy) is 1. The maximum Gasteiger partial charge on any atom is 0.333 e. The lowest BCUT2D eigenvalue weighted by Crippen LogP contribution is -2.47. The molecule has 0 fully saturated rings. The predicted molar refractivity (Wildman–Crippen MR) is 111 cm³/mol. The molecule has 0 saturated carbocycles. The number of hydrogen-bond donors (Lipinski definition) is 2. The fraction of sp³-hybridized carbons (Fsp3) is 0.304. The van der Waals surface area contributed by atoms with Gasteiger partial charge in [-0.05, 0) is 43.7 Å². The molecule has 0 aliphatic carbocycles. The molecule has 0 saturated heterocycles. The highest BCUT2D eigenvalue weighted by molar-refractivity contribution is 6.01. The Hall–Kier alpha value is -3.30. The monoisotopic (exact) mass is 392 g/mol. The summed E-state index contributed by atoms with van der Waals surface area (Å²) in [5, 5.41) is 12.5. The zero-order valence-corrected chi connectivity index (χ0v) is 16.5. The SMILES string of the molecule is CCOC(Cc1ccc(C#CCN2C(=O)c3ccccc3NC2C)cc1)C(=O)O. The van der Waals surface area contributed by atoms with Gasteiger partial charge in [0.25, 0.3) is 5.91 Å². The highest BCUT2D eigenvalue weighted by atomic mass is 16.5. The van der Waals surface area contributed by atoms with Gasteiger partial charge in [-0.15, -0.1) is 0 Å². The minimum absolute atomic E-state index is 0.0351. The van der Waals surface area contributed by atoms with Gasteiger partial charge in [0.15, 0.2) is 6.10 Å². The Morgan fingerprint density at radius 3 is 2.66 bits per heavy atom. The second-order valence-electron chi connectivity index (χ2n) is 6.78. The fourth-order valence-electron chi connectivity index (χ4n) is 3.22. The van der Waals surface area contributed by atoms with Crippen LogP contribution in [0.5, 0.6) is 0 Å². The van der Waals surface area contributed by atoms with E-state index in [-0.39, 0.29) is 12.1 Å². The van der Waals surface area contributed by atoms with Crippen LogP contribution in [0.3, 0.4) is 0 Å². The number of anilines is 1. The van der Waals surface area contributed by atoms with E-state index in [9.17, 15) is 14.7 Å². The molecule has 0 radical (unpaired) electrons. The first-order chi connectivity index (χ1) is 14.0. The fourth-order valence-corrected chi connectivity index (χ4v) is 3.22. The Kier molecular flexibility index (Phi) is 6.53. The number of carbonyl (C=O) groups is 2. The number of carbonyl (C=O) groups excluding carboxylic acids is 1. The maximum atomic E-state index is 12.7. The van der Waals surface area contributed by atoms with E-state index in [0.717, 1.165) is 16.8 Å². The van der Waals surface area contributed by atoms with Gasteiger partial charge in [-0.1, -0.05) is 36.1 Å². The minimum Gasteiger partial charge on any atom is -0.479 e. The van der Waals surface area contributed by atoms with Crippen LogP contribution >= 0.6 is 0 Å². The van der Waals surface area contributed by atoms with Gasteiger partial charge >= 0.3 is 5.97 Å². The van der Waals surface area contributed by atoms with Crippen LogP contribution in [0.4, 0.5) is 5.69 Å². The van der Waals surface area contributed by atoms with Crippen molar-refractivity contribution in [3.05, 3.63) is 65.2 Å². The molecule has 2 N–H and O–H groups in total. The molecule has 2 unspecified atom stereocenters. The standard InChI is InChI=1S/C23H24N2O4/c1-3-29-21(23(27)28)15-18-12-10-17(11-13-18)7-6-14-25-16(2)24-20-9-5-4-8-19(20)22(25)26/h4-5,8-13,16,21,24H,3,14-15H2,1-2H3,(H,27,28). The molecule has 6 nitrogen and oxygen atoms in total. The lowest BCUT2D eigenvalue weighted by molar-refractivity contribution is -0.149. The average molecular weight is 392 g/mol. The lowest BCUT2D eigenvalue weighted by Gasteiger charge is -2.34. The second-order valence-corrected chi connectivity index (χ2v) is 6.78. The normalized spacial score (nSPS) is 16.3. The smallest absolute Gasteiger partial charge is 0.333 e. The summed E-state index contributed by atoms with van der Waals surface area (Å²) < 4.78 is 5.24. The number of rotatable bonds is 6. The highest BCUT2D eigenvalue weighted by Crippen LogP contribution is 2.24. The summed E-state index contributed by atoms with van der Waals surface area (Å²) in [6.07, 6.45) is -0.679. The van der Waals surface area contributed by atoms with Crippen molar-refractivity contribution in [2.45, 2.75) is 32.5 Å². The van der Waals surface area contributed by atoms with Crippen LogP contribution in [-0.4, -0.2) is 47.3 Å². The number of carboxylic acid groups (broad SMARTS) is 1. The second kappa shape index (κ2) is 9.26.